The normalized spacial score (nSPS) is 19.0. The molecule has 0 radical (unpaired) electrons. The first-order valence-corrected chi connectivity index (χ1v) is 5.17. The Hall–Kier alpha value is -0.290. The predicted octanol–water partition coefficient (Wildman–Crippen LogP) is 2.72. The number of halogens is 3. The molecule has 2 N–H and O–H groups in total. The first-order chi connectivity index (χ1) is 6.70. The van der Waals surface area contributed by atoms with Crippen LogP contribution in [-0.4, -0.2) is 24.4 Å². The van der Waals surface area contributed by atoms with Crippen LogP contribution in [0.2, 0.25) is 0 Å². The number of nitrogens with two attached hydrogens (primary N) is 1. The molecule has 5 heteroatoms. The van der Waals surface area contributed by atoms with E-state index < -0.39 is 24.4 Å². The lowest BCUT2D eigenvalue weighted by molar-refractivity contribution is -0.241. The zero-order chi connectivity index (χ0) is 12.2. The number of hydrogen-bond donors (Lipinski definition) is 1. The number of rotatable bonds is 5. The van der Waals surface area contributed by atoms with E-state index in [4.69, 9.17) is 10.5 Å². The summed E-state index contributed by atoms with van der Waals surface area (Å²) in [5, 5.41) is 0. The second kappa shape index (κ2) is 5.70. The topological polar surface area (TPSA) is 35.2 Å². The Kier molecular flexibility index (Phi) is 5.59. The molecule has 0 rings (SSSR count). The smallest absolute Gasteiger partial charge is 0.364 e. The van der Waals surface area contributed by atoms with Gasteiger partial charge in [0.05, 0.1) is 6.10 Å². The molecule has 0 saturated heterocycles. The van der Waals surface area contributed by atoms with Crippen LogP contribution in [0.3, 0.4) is 0 Å². The molecular formula is C10H20F3NO. The van der Waals surface area contributed by atoms with Crippen molar-refractivity contribution in [2.45, 2.75) is 58.5 Å². The Morgan fingerprint density at radius 1 is 1.20 bits per heavy atom. The third-order valence-electron chi connectivity index (χ3n) is 2.48. The summed E-state index contributed by atoms with van der Waals surface area (Å²) in [7, 11) is 0. The first-order valence-electron chi connectivity index (χ1n) is 5.17. The van der Waals surface area contributed by atoms with Crippen LogP contribution in [-0.2, 0) is 4.74 Å². The highest BCUT2D eigenvalue weighted by Gasteiger charge is 2.45. The maximum Gasteiger partial charge on any atom is 0.416 e. The SMILES string of the molecule is CCC(N)C(OC(C)C(C)C)C(F)(F)F. The molecule has 0 aliphatic carbocycles. The van der Waals surface area contributed by atoms with E-state index in [2.05, 4.69) is 0 Å². The Morgan fingerprint density at radius 2 is 1.67 bits per heavy atom. The fourth-order valence-electron chi connectivity index (χ4n) is 1.02. The Bertz CT molecular complexity index is 182. The third-order valence-corrected chi connectivity index (χ3v) is 2.48. The summed E-state index contributed by atoms with van der Waals surface area (Å²) in [6, 6.07) is -0.994. The molecule has 0 bridgehead atoms. The second-order valence-electron chi connectivity index (χ2n) is 4.12. The zero-order valence-corrected chi connectivity index (χ0v) is 9.64. The molecule has 92 valence electrons. The van der Waals surface area contributed by atoms with Crippen LogP contribution in [0.5, 0.6) is 0 Å². The van der Waals surface area contributed by atoms with Gasteiger partial charge in [-0.1, -0.05) is 20.8 Å². The fraction of sp³-hybridized carbons (Fsp3) is 1.00. The molecule has 0 aromatic carbocycles. The molecule has 0 aromatic heterocycles. The van der Waals surface area contributed by atoms with Crippen molar-refractivity contribution in [3.63, 3.8) is 0 Å². The molecule has 3 unspecified atom stereocenters. The molecule has 0 aliphatic heterocycles. The van der Waals surface area contributed by atoms with Gasteiger partial charge in [0.1, 0.15) is 0 Å². The van der Waals surface area contributed by atoms with E-state index in [1.165, 1.54) is 0 Å². The van der Waals surface area contributed by atoms with Crippen molar-refractivity contribution in [1.82, 2.24) is 0 Å². The maximum absolute atomic E-state index is 12.6. The van der Waals surface area contributed by atoms with Crippen LogP contribution in [0, 0.1) is 5.92 Å². The van der Waals surface area contributed by atoms with E-state index in [0.717, 1.165) is 0 Å². The van der Waals surface area contributed by atoms with Crippen molar-refractivity contribution in [3.8, 4) is 0 Å². The van der Waals surface area contributed by atoms with Gasteiger partial charge in [-0.05, 0) is 19.3 Å². The lowest BCUT2D eigenvalue weighted by Crippen LogP contribution is -2.48. The van der Waals surface area contributed by atoms with Crippen LogP contribution in [0.25, 0.3) is 0 Å². The minimum Gasteiger partial charge on any atom is -0.364 e. The van der Waals surface area contributed by atoms with Gasteiger partial charge in [0.2, 0.25) is 0 Å². The fourth-order valence-corrected chi connectivity index (χ4v) is 1.02. The van der Waals surface area contributed by atoms with Crippen LogP contribution < -0.4 is 5.73 Å². The Balaban J connectivity index is 4.52. The number of alkyl halides is 3. The lowest BCUT2D eigenvalue weighted by atomic mass is 10.1. The zero-order valence-electron chi connectivity index (χ0n) is 9.64. The van der Waals surface area contributed by atoms with Gasteiger partial charge in [0.25, 0.3) is 0 Å². The van der Waals surface area contributed by atoms with E-state index in [-0.39, 0.29) is 12.3 Å². The van der Waals surface area contributed by atoms with Gasteiger partial charge >= 0.3 is 6.18 Å². The van der Waals surface area contributed by atoms with Crippen LogP contribution in [0.4, 0.5) is 13.2 Å². The quantitative estimate of drug-likeness (QED) is 0.783. The molecule has 0 fully saturated rings. The summed E-state index contributed by atoms with van der Waals surface area (Å²) < 4.78 is 42.7. The maximum atomic E-state index is 12.6. The van der Waals surface area contributed by atoms with Crippen LogP contribution >= 0.6 is 0 Å². The molecule has 0 amide bonds. The van der Waals surface area contributed by atoms with E-state index in [1.807, 2.05) is 13.8 Å². The highest BCUT2D eigenvalue weighted by molar-refractivity contribution is 4.80. The molecule has 0 aliphatic rings. The molecule has 0 aromatic rings. The van der Waals surface area contributed by atoms with Gasteiger partial charge < -0.3 is 10.5 Å². The van der Waals surface area contributed by atoms with Gasteiger partial charge in [-0.15, -0.1) is 0 Å². The molecule has 15 heavy (non-hydrogen) atoms. The monoisotopic (exact) mass is 227 g/mol. The number of ether oxygens (including phenoxy) is 1. The van der Waals surface area contributed by atoms with Crippen LogP contribution in [0.15, 0.2) is 0 Å². The van der Waals surface area contributed by atoms with E-state index in [0.29, 0.717) is 0 Å². The Morgan fingerprint density at radius 3 is 1.93 bits per heavy atom. The van der Waals surface area contributed by atoms with Gasteiger partial charge in [0, 0.05) is 6.04 Å². The molecule has 2 nitrogen and oxygen atoms in total. The van der Waals surface area contributed by atoms with Crippen molar-refractivity contribution >= 4 is 0 Å². The van der Waals surface area contributed by atoms with Crippen molar-refractivity contribution in [3.05, 3.63) is 0 Å². The van der Waals surface area contributed by atoms with Crippen molar-refractivity contribution < 1.29 is 17.9 Å². The molecule has 0 heterocycles. The van der Waals surface area contributed by atoms with Crippen molar-refractivity contribution in [2.24, 2.45) is 11.7 Å². The molecular weight excluding hydrogens is 207 g/mol. The lowest BCUT2D eigenvalue weighted by Gasteiger charge is -2.30. The summed E-state index contributed by atoms with van der Waals surface area (Å²) in [6.45, 7) is 6.88. The van der Waals surface area contributed by atoms with Crippen molar-refractivity contribution in [2.75, 3.05) is 0 Å². The summed E-state index contributed by atoms with van der Waals surface area (Å²) in [6.07, 6.45) is -6.46. The largest absolute Gasteiger partial charge is 0.416 e. The standard InChI is InChI=1S/C10H20F3NO/c1-5-8(14)9(10(11,12)13)15-7(4)6(2)3/h6-9H,5,14H2,1-4H3. The van der Waals surface area contributed by atoms with E-state index in [1.54, 1.807) is 13.8 Å². The van der Waals surface area contributed by atoms with Gasteiger partial charge in [0.15, 0.2) is 6.10 Å². The van der Waals surface area contributed by atoms with Crippen molar-refractivity contribution in [1.29, 1.82) is 0 Å². The average molecular weight is 227 g/mol. The minimum atomic E-state index is -4.39. The van der Waals surface area contributed by atoms with Gasteiger partial charge in [-0.25, -0.2) is 0 Å². The van der Waals surface area contributed by atoms with Crippen LogP contribution in [0.1, 0.15) is 34.1 Å². The number of hydrogen-bond acceptors (Lipinski definition) is 2. The Labute approximate surface area is 89.0 Å². The van der Waals surface area contributed by atoms with Gasteiger partial charge in [-0.2, -0.15) is 13.2 Å². The highest BCUT2D eigenvalue weighted by Crippen LogP contribution is 2.28. The first kappa shape index (κ1) is 14.7. The van der Waals surface area contributed by atoms with E-state index in [9.17, 15) is 13.2 Å². The third kappa shape index (κ3) is 4.84. The second-order valence-corrected chi connectivity index (χ2v) is 4.12. The average Bonchev–Trinajstić information content (AvgIpc) is 2.10. The summed E-state index contributed by atoms with van der Waals surface area (Å²) in [4.78, 5) is 0. The van der Waals surface area contributed by atoms with Gasteiger partial charge in [-0.3, -0.25) is 0 Å². The molecule has 0 spiro atoms. The summed E-state index contributed by atoms with van der Waals surface area (Å²) in [5.74, 6) is 0.0407. The summed E-state index contributed by atoms with van der Waals surface area (Å²) >= 11 is 0. The molecule has 3 atom stereocenters. The summed E-state index contributed by atoms with van der Waals surface area (Å²) in [5.41, 5.74) is 5.41. The highest BCUT2D eigenvalue weighted by atomic mass is 19.4. The molecule has 0 saturated carbocycles. The predicted molar refractivity (Wildman–Crippen MR) is 53.5 cm³/mol. The van der Waals surface area contributed by atoms with E-state index >= 15 is 0 Å². The minimum absolute atomic E-state index is 0.0407.